The summed E-state index contributed by atoms with van der Waals surface area (Å²) in [4.78, 5) is 22.1. The molecule has 5 nitrogen and oxygen atoms in total. The normalized spacial score (nSPS) is 11.9. The second-order valence-corrected chi connectivity index (χ2v) is 6.58. The van der Waals surface area contributed by atoms with Crippen molar-refractivity contribution < 1.29 is 14.7 Å². The van der Waals surface area contributed by atoms with E-state index in [0.29, 0.717) is 25.8 Å². The van der Waals surface area contributed by atoms with Crippen molar-refractivity contribution in [3.63, 3.8) is 0 Å². The van der Waals surface area contributed by atoms with E-state index in [9.17, 15) is 9.59 Å². The van der Waals surface area contributed by atoms with E-state index in [1.54, 1.807) is 0 Å². The van der Waals surface area contributed by atoms with Gasteiger partial charge in [-0.05, 0) is 66.0 Å². The Hall–Kier alpha value is -1.15. The molecule has 4 N–H and O–H groups in total. The van der Waals surface area contributed by atoms with Gasteiger partial charge in [0.25, 0.3) is 0 Å². The van der Waals surface area contributed by atoms with Crippen molar-refractivity contribution >= 4 is 34.5 Å². The highest BCUT2D eigenvalue weighted by molar-refractivity contribution is 14.1. The number of rotatable bonds is 10. The minimum atomic E-state index is -0.882. The van der Waals surface area contributed by atoms with Crippen molar-refractivity contribution in [2.45, 2.75) is 44.6 Å². The number of carbonyl (C=O) groups is 2. The van der Waals surface area contributed by atoms with Gasteiger partial charge in [0.1, 0.15) is 0 Å². The van der Waals surface area contributed by atoms with Crippen molar-refractivity contribution in [1.82, 2.24) is 5.32 Å². The largest absolute Gasteiger partial charge is 0.481 e. The number of aliphatic carboxylic acids is 1. The Morgan fingerprint density at radius 2 is 1.91 bits per heavy atom. The van der Waals surface area contributed by atoms with Gasteiger partial charge in [0.15, 0.2) is 0 Å². The molecular formula is C16H23IN2O3. The van der Waals surface area contributed by atoms with E-state index in [2.05, 4.69) is 52.2 Å². The van der Waals surface area contributed by atoms with Crippen molar-refractivity contribution in [2.24, 2.45) is 5.73 Å². The Morgan fingerprint density at radius 1 is 1.23 bits per heavy atom. The first kappa shape index (κ1) is 18.9. The van der Waals surface area contributed by atoms with Crippen LogP contribution in [-0.2, 0) is 16.0 Å². The summed E-state index contributed by atoms with van der Waals surface area (Å²) >= 11 is 2.27. The van der Waals surface area contributed by atoms with Crippen molar-refractivity contribution in [3.8, 4) is 0 Å². The average Bonchev–Trinajstić information content (AvgIpc) is 2.45. The lowest BCUT2D eigenvalue weighted by molar-refractivity contribution is -0.137. The number of hydrogen-bond acceptors (Lipinski definition) is 3. The molecule has 1 aromatic carbocycles. The number of aryl methyl sites for hydroxylation is 1. The zero-order chi connectivity index (χ0) is 16.4. The smallest absolute Gasteiger partial charge is 0.304 e. The van der Waals surface area contributed by atoms with Crippen LogP contribution in [0, 0.1) is 3.57 Å². The van der Waals surface area contributed by atoms with Crippen LogP contribution < -0.4 is 11.1 Å². The van der Waals surface area contributed by atoms with Crippen LogP contribution in [0.25, 0.3) is 0 Å². The number of halogens is 1. The molecule has 0 fully saturated rings. The molecule has 6 heteroatoms. The minimum Gasteiger partial charge on any atom is -0.481 e. The molecule has 0 saturated carbocycles. The average molecular weight is 418 g/mol. The van der Waals surface area contributed by atoms with E-state index < -0.39 is 5.97 Å². The van der Waals surface area contributed by atoms with E-state index >= 15 is 0 Å². The van der Waals surface area contributed by atoms with Gasteiger partial charge < -0.3 is 16.2 Å². The number of carboxylic acid groups (broad SMARTS) is 1. The van der Waals surface area contributed by atoms with Crippen molar-refractivity contribution in [1.29, 1.82) is 0 Å². The molecule has 0 aromatic heterocycles. The topological polar surface area (TPSA) is 92.4 Å². The van der Waals surface area contributed by atoms with Crippen LogP contribution in [-0.4, -0.2) is 29.6 Å². The first-order valence-electron chi connectivity index (χ1n) is 7.46. The highest BCUT2D eigenvalue weighted by Gasteiger charge is 2.08. The van der Waals surface area contributed by atoms with Gasteiger partial charge in [-0.3, -0.25) is 9.59 Å². The van der Waals surface area contributed by atoms with Gasteiger partial charge in [0.2, 0.25) is 5.91 Å². The Kier molecular flexibility index (Phi) is 9.07. The number of amides is 1. The summed E-state index contributed by atoms with van der Waals surface area (Å²) in [6.07, 6.45) is 3.52. The van der Waals surface area contributed by atoms with Gasteiger partial charge in [-0.25, -0.2) is 0 Å². The lowest BCUT2D eigenvalue weighted by atomic mass is 10.1. The Bertz CT molecular complexity index is 477. The Morgan fingerprint density at radius 3 is 2.55 bits per heavy atom. The number of nitrogens with one attached hydrogen (secondary N) is 1. The molecule has 1 unspecified atom stereocenters. The predicted octanol–water partition coefficient (Wildman–Crippen LogP) is 2.31. The molecule has 0 saturated heterocycles. The van der Waals surface area contributed by atoms with Crippen LogP contribution >= 0.6 is 22.6 Å². The maximum absolute atomic E-state index is 11.7. The van der Waals surface area contributed by atoms with Gasteiger partial charge in [0.05, 0.1) is 6.42 Å². The SMILES string of the molecule is NC(CCCNC(=O)CCCc1ccc(I)cc1)CC(=O)O. The molecule has 0 heterocycles. The molecule has 0 aliphatic heterocycles. The first-order chi connectivity index (χ1) is 10.5. The molecule has 1 atom stereocenters. The molecule has 1 rings (SSSR count). The molecule has 1 amide bonds. The van der Waals surface area contributed by atoms with E-state index in [-0.39, 0.29) is 18.4 Å². The molecule has 0 bridgehead atoms. The fraction of sp³-hybridized carbons (Fsp3) is 0.500. The monoisotopic (exact) mass is 418 g/mol. The lowest BCUT2D eigenvalue weighted by Crippen LogP contribution is -2.28. The van der Waals surface area contributed by atoms with Crippen LogP contribution in [0.15, 0.2) is 24.3 Å². The maximum Gasteiger partial charge on any atom is 0.304 e. The van der Waals surface area contributed by atoms with Gasteiger partial charge in [-0.15, -0.1) is 0 Å². The third kappa shape index (κ3) is 8.99. The van der Waals surface area contributed by atoms with Gasteiger partial charge in [0, 0.05) is 22.6 Å². The Labute approximate surface area is 144 Å². The lowest BCUT2D eigenvalue weighted by Gasteiger charge is -2.09. The summed E-state index contributed by atoms with van der Waals surface area (Å²) in [7, 11) is 0. The van der Waals surface area contributed by atoms with Crippen LogP contribution in [0.1, 0.15) is 37.7 Å². The molecule has 0 aliphatic rings. The third-order valence-corrected chi connectivity index (χ3v) is 4.01. The first-order valence-corrected chi connectivity index (χ1v) is 8.53. The van der Waals surface area contributed by atoms with E-state index in [0.717, 1.165) is 12.8 Å². The highest BCUT2D eigenvalue weighted by atomic mass is 127. The zero-order valence-corrected chi connectivity index (χ0v) is 14.7. The van der Waals surface area contributed by atoms with E-state index in [1.165, 1.54) is 9.13 Å². The summed E-state index contributed by atoms with van der Waals surface area (Å²) in [5.74, 6) is -0.843. The molecule has 1 aromatic rings. The molecule has 122 valence electrons. The molecular weight excluding hydrogens is 395 g/mol. The molecule has 22 heavy (non-hydrogen) atoms. The van der Waals surface area contributed by atoms with Gasteiger partial charge in [-0.1, -0.05) is 12.1 Å². The van der Waals surface area contributed by atoms with E-state index in [1.807, 2.05) is 0 Å². The quantitative estimate of drug-likeness (QED) is 0.402. The summed E-state index contributed by atoms with van der Waals surface area (Å²) in [6, 6.07) is 7.97. The van der Waals surface area contributed by atoms with Crippen molar-refractivity contribution in [2.75, 3.05) is 6.54 Å². The zero-order valence-electron chi connectivity index (χ0n) is 12.6. The van der Waals surface area contributed by atoms with Crippen LogP contribution in [0.2, 0.25) is 0 Å². The van der Waals surface area contributed by atoms with Crippen molar-refractivity contribution in [3.05, 3.63) is 33.4 Å². The summed E-state index contributed by atoms with van der Waals surface area (Å²) in [5.41, 5.74) is 6.90. The van der Waals surface area contributed by atoms with Crippen LogP contribution in [0.5, 0.6) is 0 Å². The predicted molar refractivity (Wildman–Crippen MR) is 94.6 cm³/mol. The number of benzene rings is 1. The third-order valence-electron chi connectivity index (χ3n) is 3.29. The summed E-state index contributed by atoms with van der Waals surface area (Å²) < 4.78 is 1.21. The van der Waals surface area contributed by atoms with Gasteiger partial charge in [-0.2, -0.15) is 0 Å². The van der Waals surface area contributed by atoms with Crippen LogP contribution in [0.3, 0.4) is 0 Å². The number of carbonyl (C=O) groups excluding carboxylic acids is 1. The molecule has 0 aliphatic carbocycles. The van der Waals surface area contributed by atoms with E-state index in [4.69, 9.17) is 10.8 Å². The maximum atomic E-state index is 11.7. The molecule has 0 spiro atoms. The van der Waals surface area contributed by atoms with Gasteiger partial charge >= 0.3 is 5.97 Å². The highest BCUT2D eigenvalue weighted by Crippen LogP contribution is 2.09. The fourth-order valence-electron chi connectivity index (χ4n) is 2.11. The second-order valence-electron chi connectivity index (χ2n) is 5.33. The fourth-order valence-corrected chi connectivity index (χ4v) is 2.47. The van der Waals surface area contributed by atoms with Crippen LogP contribution in [0.4, 0.5) is 0 Å². The summed E-state index contributed by atoms with van der Waals surface area (Å²) in [5, 5.41) is 11.4. The summed E-state index contributed by atoms with van der Waals surface area (Å²) in [6.45, 7) is 0.551. The minimum absolute atomic E-state index is 0.0239. The number of carboxylic acids is 1. The number of hydrogen-bond donors (Lipinski definition) is 3. The standard InChI is InChI=1S/C16H23IN2O3/c17-13-8-6-12(7-9-13)3-1-5-15(20)19-10-2-4-14(18)11-16(21)22/h6-9,14H,1-5,10-11,18H2,(H,19,20)(H,21,22). The number of nitrogens with two attached hydrogens (primary N) is 1. The Balaban J connectivity index is 2.06. The molecule has 0 radical (unpaired) electrons. The second kappa shape index (κ2) is 10.6.